The normalized spacial score (nSPS) is 12.4. The molecule has 1 heterocycles. The maximum absolute atomic E-state index is 14.2. The Balaban J connectivity index is 1.97. The quantitative estimate of drug-likeness (QED) is 0.379. The van der Waals surface area contributed by atoms with E-state index >= 15 is 0 Å². The second kappa shape index (κ2) is 6.99. The predicted octanol–water partition coefficient (Wildman–Crippen LogP) is 4.99. The molecule has 1 aliphatic heterocycles. The van der Waals surface area contributed by atoms with Gasteiger partial charge in [-0.2, -0.15) is 0 Å². The average molecular weight is 363 g/mol. The summed E-state index contributed by atoms with van der Waals surface area (Å²) >= 11 is 0. The number of fused-ring (bicyclic) bond motifs is 4. The molecule has 0 N–H and O–H groups in total. The summed E-state index contributed by atoms with van der Waals surface area (Å²) in [4.78, 5) is 11.1. The summed E-state index contributed by atoms with van der Waals surface area (Å²) in [5.41, 5.74) is 3.10. The number of rotatable bonds is 4. The minimum absolute atomic E-state index is 0.305. The lowest BCUT2D eigenvalue weighted by molar-refractivity contribution is 0.588. The third-order valence-corrected chi connectivity index (χ3v) is 4.87. The molecule has 0 saturated heterocycles. The highest BCUT2D eigenvalue weighted by molar-refractivity contribution is 6.04. The van der Waals surface area contributed by atoms with Crippen molar-refractivity contribution in [3.05, 3.63) is 53.6 Å². The van der Waals surface area contributed by atoms with Crippen LogP contribution in [0.1, 0.15) is 20.8 Å². The van der Waals surface area contributed by atoms with Crippen LogP contribution in [0.2, 0.25) is 0 Å². The molecule has 4 nitrogen and oxygen atoms in total. The lowest BCUT2D eigenvalue weighted by Gasteiger charge is -2.21. The van der Waals surface area contributed by atoms with Crippen molar-refractivity contribution in [2.24, 2.45) is 4.99 Å². The van der Waals surface area contributed by atoms with Crippen LogP contribution in [0, 0.1) is 5.82 Å². The van der Waals surface area contributed by atoms with Crippen molar-refractivity contribution < 1.29 is 8.81 Å². The molecule has 2 aromatic carbocycles. The first kappa shape index (κ1) is 17.5. The number of anilines is 1. The van der Waals surface area contributed by atoms with E-state index in [1.54, 1.807) is 6.07 Å². The topological polar surface area (TPSA) is 41.6 Å². The first-order valence-electron chi connectivity index (χ1n) is 9.37. The minimum Gasteiger partial charge on any atom is -0.452 e. The highest BCUT2D eigenvalue weighted by Crippen LogP contribution is 2.32. The molecule has 0 saturated carbocycles. The number of nitrogens with zero attached hydrogens (tertiary/aromatic N) is 3. The van der Waals surface area contributed by atoms with Crippen molar-refractivity contribution in [1.82, 2.24) is 4.98 Å². The smallest absolute Gasteiger partial charge is 0.160 e. The highest BCUT2D eigenvalue weighted by Gasteiger charge is 2.14. The molecule has 5 heteroatoms. The van der Waals surface area contributed by atoms with Crippen LogP contribution in [0.5, 0.6) is 0 Å². The summed E-state index contributed by atoms with van der Waals surface area (Å²) in [5.74, 6) is 0.160. The van der Waals surface area contributed by atoms with Crippen molar-refractivity contribution in [2.75, 3.05) is 24.5 Å². The van der Waals surface area contributed by atoms with Crippen LogP contribution in [0.4, 0.5) is 10.1 Å². The molecule has 1 aliphatic carbocycles. The van der Waals surface area contributed by atoms with Crippen molar-refractivity contribution in [3.63, 3.8) is 0 Å². The van der Waals surface area contributed by atoms with Gasteiger partial charge in [-0.25, -0.2) is 9.37 Å². The standard InChI is InChI=1S/C22H22FN3O/c1-4-24-19-13-21-20(12-17(19)23)25-18-10-7-14-11-15(26(5-2)6-3)8-9-16(14)22(18)27-21/h7-13H,4-6H2,1-3H3. The molecular weight excluding hydrogens is 341 g/mol. The molecule has 0 bridgehead atoms. The van der Waals surface area contributed by atoms with E-state index < -0.39 is 0 Å². The van der Waals surface area contributed by atoms with E-state index in [-0.39, 0.29) is 5.82 Å². The van der Waals surface area contributed by atoms with Gasteiger partial charge in [-0.1, -0.05) is 6.07 Å². The Morgan fingerprint density at radius 2 is 1.85 bits per heavy atom. The number of hydrogen-bond acceptors (Lipinski definition) is 4. The van der Waals surface area contributed by atoms with Crippen LogP contribution in [-0.2, 0) is 0 Å². The van der Waals surface area contributed by atoms with Gasteiger partial charge in [0.1, 0.15) is 11.2 Å². The summed E-state index contributed by atoms with van der Waals surface area (Å²) in [7, 11) is 0. The van der Waals surface area contributed by atoms with Gasteiger partial charge in [0.15, 0.2) is 17.2 Å². The average Bonchev–Trinajstić information content (AvgIpc) is 2.68. The van der Waals surface area contributed by atoms with E-state index in [9.17, 15) is 4.39 Å². The lowest BCUT2D eigenvalue weighted by Crippen LogP contribution is -2.21. The zero-order valence-electron chi connectivity index (χ0n) is 15.8. The van der Waals surface area contributed by atoms with Crippen molar-refractivity contribution in [1.29, 1.82) is 0 Å². The molecule has 138 valence electrons. The van der Waals surface area contributed by atoms with E-state index in [1.165, 1.54) is 11.8 Å². The van der Waals surface area contributed by atoms with Crippen molar-refractivity contribution in [2.45, 2.75) is 20.8 Å². The van der Waals surface area contributed by atoms with Crippen LogP contribution in [0.3, 0.4) is 0 Å². The second-order valence-corrected chi connectivity index (χ2v) is 6.45. The highest BCUT2D eigenvalue weighted by atomic mass is 19.1. The Morgan fingerprint density at radius 1 is 1.04 bits per heavy atom. The number of halogens is 1. The Hall–Kier alpha value is -2.95. The Labute approximate surface area is 157 Å². The van der Waals surface area contributed by atoms with Gasteiger partial charge in [-0.05, 0) is 50.4 Å². The molecular formula is C22H22FN3O. The Morgan fingerprint density at radius 3 is 2.59 bits per heavy atom. The largest absolute Gasteiger partial charge is 0.452 e. The minimum atomic E-state index is -0.379. The van der Waals surface area contributed by atoms with Crippen LogP contribution >= 0.6 is 0 Å². The van der Waals surface area contributed by atoms with Gasteiger partial charge in [0.2, 0.25) is 0 Å². The lowest BCUT2D eigenvalue weighted by atomic mass is 10.1. The van der Waals surface area contributed by atoms with E-state index in [4.69, 9.17) is 4.42 Å². The van der Waals surface area contributed by atoms with Gasteiger partial charge in [0.05, 0.1) is 5.36 Å². The van der Waals surface area contributed by atoms with Crippen LogP contribution < -0.4 is 10.3 Å². The summed E-state index contributed by atoms with van der Waals surface area (Å²) in [6.45, 7) is 8.61. The predicted molar refractivity (Wildman–Crippen MR) is 108 cm³/mol. The fraction of sp³-hybridized carbons (Fsp3) is 0.273. The summed E-state index contributed by atoms with van der Waals surface area (Å²) < 4.78 is 20.3. The molecule has 4 rings (SSSR count). The molecule has 2 aromatic rings. The van der Waals surface area contributed by atoms with Gasteiger partial charge in [-0.3, -0.25) is 4.99 Å². The summed E-state index contributed by atoms with van der Waals surface area (Å²) in [6, 6.07) is 13.3. The van der Waals surface area contributed by atoms with Gasteiger partial charge in [0.25, 0.3) is 0 Å². The Kier molecular flexibility index (Phi) is 4.52. The van der Waals surface area contributed by atoms with E-state index in [0.29, 0.717) is 34.5 Å². The van der Waals surface area contributed by atoms with E-state index in [0.717, 1.165) is 23.9 Å². The van der Waals surface area contributed by atoms with E-state index in [1.807, 2.05) is 19.1 Å². The van der Waals surface area contributed by atoms with Gasteiger partial charge < -0.3 is 9.32 Å². The van der Waals surface area contributed by atoms with Crippen LogP contribution in [0.25, 0.3) is 33.3 Å². The second-order valence-electron chi connectivity index (χ2n) is 6.45. The SMILES string of the molecule is CCN=c1cc2oc3c(ccc4cc(N(CC)CC)ccc43)nc-2cc1F. The molecule has 0 fully saturated rings. The van der Waals surface area contributed by atoms with Crippen LogP contribution in [-0.4, -0.2) is 24.6 Å². The van der Waals surface area contributed by atoms with Crippen molar-refractivity contribution >= 4 is 27.6 Å². The number of hydrogen-bond donors (Lipinski definition) is 0. The Bertz CT molecular complexity index is 1160. The van der Waals surface area contributed by atoms with Gasteiger partial charge in [0, 0.05) is 42.8 Å². The molecule has 0 atom stereocenters. The molecule has 0 amide bonds. The zero-order valence-corrected chi connectivity index (χ0v) is 15.8. The number of benzene rings is 3. The maximum Gasteiger partial charge on any atom is 0.160 e. The first-order chi connectivity index (χ1) is 13.1. The third kappa shape index (κ3) is 3.03. The summed E-state index contributed by atoms with van der Waals surface area (Å²) in [6.07, 6.45) is 0. The maximum atomic E-state index is 14.2. The van der Waals surface area contributed by atoms with Gasteiger partial charge in [-0.15, -0.1) is 0 Å². The summed E-state index contributed by atoms with van der Waals surface area (Å²) in [5, 5.41) is 2.40. The molecule has 2 aliphatic rings. The van der Waals surface area contributed by atoms with Gasteiger partial charge >= 0.3 is 0 Å². The van der Waals surface area contributed by atoms with Crippen LogP contribution in [0.15, 0.2) is 51.9 Å². The first-order valence-corrected chi connectivity index (χ1v) is 9.37. The van der Waals surface area contributed by atoms with Crippen molar-refractivity contribution in [3.8, 4) is 11.5 Å². The zero-order chi connectivity index (χ0) is 19.0. The fourth-order valence-electron chi connectivity index (χ4n) is 3.49. The molecule has 0 unspecified atom stereocenters. The molecule has 27 heavy (non-hydrogen) atoms. The van der Waals surface area contributed by atoms with E-state index in [2.05, 4.69) is 46.9 Å². The molecule has 0 radical (unpaired) electrons. The molecule has 0 aromatic heterocycles. The fourth-order valence-corrected chi connectivity index (χ4v) is 3.49. The third-order valence-electron chi connectivity index (χ3n) is 4.87. The number of aromatic nitrogens is 1. The molecule has 0 spiro atoms. The monoisotopic (exact) mass is 363 g/mol.